The third-order valence-corrected chi connectivity index (χ3v) is 6.89. The molecule has 0 radical (unpaired) electrons. The first kappa shape index (κ1) is 23.8. The number of nitrogens with zero attached hydrogens (tertiary/aromatic N) is 2. The van der Waals surface area contributed by atoms with Crippen LogP contribution in [0.5, 0.6) is 0 Å². The van der Waals surface area contributed by atoms with E-state index in [1.54, 1.807) is 23.1 Å². The average molecular weight is 419 g/mol. The minimum Gasteiger partial charge on any atom is -0.465 e. The number of rotatable bonds is 15. The summed E-state index contributed by atoms with van der Waals surface area (Å²) in [7, 11) is 0. The number of aromatic nitrogens is 2. The number of carbonyl (C=O) groups is 1. The maximum atomic E-state index is 11.8. The number of unbranched alkanes of at least 4 members (excludes halogenated alkanes) is 8. The molecule has 0 unspecified atom stereocenters. The van der Waals surface area contributed by atoms with Crippen LogP contribution in [0.2, 0.25) is 0 Å². The van der Waals surface area contributed by atoms with Crippen LogP contribution in [0.1, 0.15) is 85.0 Å². The third kappa shape index (κ3) is 10.8. The summed E-state index contributed by atoms with van der Waals surface area (Å²) >= 11 is 7.51. The van der Waals surface area contributed by atoms with Gasteiger partial charge in [0.2, 0.25) is 0 Å². The van der Waals surface area contributed by atoms with Crippen LogP contribution in [-0.2, 0) is 9.53 Å². The first-order chi connectivity index (χ1) is 12.5. The van der Waals surface area contributed by atoms with Gasteiger partial charge in [-0.3, -0.25) is 4.79 Å². The van der Waals surface area contributed by atoms with Crippen LogP contribution in [0.3, 0.4) is 0 Å². The molecule has 0 bridgehead atoms. The van der Waals surface area contributed by atoms with E-state index in [-0.39, 0.29) is 11.4 Å². The van der Waals surface area contributed by atoms with Crippen LogP contribution in [-0.4, -0.2) is 28.5 Å². The Morgan fingerprint density at radius 2 is 1.62 bits per heavy atom. The van der Waals surface area contributed by atoms with E-state index in [2.05, 4.69) is 22.8 Å². The lowest BCUT2D eigenvalue weighted by Crippen LogP contribution is -2.26. The smallest absolute Gasteiger partial charge is 0.311 e. The second-order valence-corrected chi connectivity index (χ2v) is 10.3. The van der Waals surface area contributed by atoms with Gasteiger partial charge >= 0.3 is 5.97 Å². The summed E-state index contributed by atoms with van der Waals surface area (Å²) in [5.41, 5.74) is -0.342. The predicted octanol–water partition coefficient (Wildman–Crippen LogP) is 6.41. The second kappa shape index (κ2) is 13.8. The number of thiol groups is 1. The highest BCUT2D eigenvalue weighted by Crippen LogP contribution is 2.25. The van der Waals surface area contributed by atoms with Crippen LogP contribution >= 0.6 is 35.7 Å². The van der Waals surface area contributed by atoms with Gasteiger partial charge in [0.05, 0.1) is 12.0 Å². The van der Waals surface area contributed by atoms with Crippen molar-refractivity contribution in [3.63, 3.8) is 0 Å². The van der Waals surface area contributed by atoms with E-state index >= 15 is 0 Å². The molecule has 0 N–H and O–H groups in total. The molecule has 0 saturated carbocycles. The molecule has 0 aliphatic carbocycles. The molecule has 0 amide bonds. The zero-order chi connectivity index (χ0) is 19.3. The Hall–Kier alpha value is -0.270. The fourth-order valence-corrected chi connectivity index (χ4v) is 4.52. The van der Waals surface area contributed by atoms with Gasteiger partial charge in [0, 0.05) is 5.75 Å². The van der Waals surface area contributed by atoms with E-state index in [0.29, 0.717) is 6.61 Å². The highest BCUT2D eigenvalue weighted by atomic mass is 32.2. The SMILES string of the molecule is CCC(C)(C)C(=O)OCCCCCCCCCCCSc1nnc(S)s1. The molecule has 0 aliphatic heterocycles. The van der Waals surface area contributed by atoms with E-state index in [9.17, 15) is 4.79 Å². The van der Waals surface area contributed by atoms with Crippen molar-refractivity contribution >= 4 is 41.7 Å². The molecule has 26 heavy (non-hydrogen) atoms. The zero-order valence-corrected chi connectivity index (χ0v) is 19.0. The summed E-state index contributed by atoms with van der Waals surface area (Å²) in [4.78, 5) is 11.8. The Balaban J connectivity index is 1.81. The molecule has 1 rings (SSSR count). The normalized spacial score (nSPS) is 11.7. The molecule has 1 heterocycles. The van der Waals surface area contributed by atoms with Crippen LogP contribution in [0.4, 0.5) is 0 Å². The molecule has 0 atom stereocenters. The van der Waals surface area contributed by atoms with Crippen molar-refractivity contribution < 1.29 is 9.53 Å². The summed E-state index contributed by atoms with van der Waals surface area (Å²) in [5, 5.41) is 7.96. The number of esters is 1. The first-order valence-electron chi connectivity index (χ1n) is 9.78. The molecular weight excluding hydrogens is 384 g/mol. The zero-order valence-electron chi connectivity index (χ0n) is 16.5. The minimum atomic E-state index is -0.342. The minimum absolute atomic E-state index is 0.0599. The Morgan fingerprint density at radius 3 is 2.15 bits per heavy atom. The van der Waals surface area contributed by atoms with Crippen molar-refractivity contribution in [3.8, 4) is 0 Å². The molecule has 0 aromatic carbocycles. The van der Waals surface area contributed by atoms with Crippen molar-refractivity contribution in [1.29, 1.82) is 0 Å². The number of carbonyl (C=O) groups excluding carboxylic acids is 1. The Bertz CT molecular complexity index is 507. The maximum Gasteiger partial charge on any atom is 0.311 e. The van der Waals surface area contributed by atoms with Gasteiger partial charge in [0.15, 0.2) is 8.68 Å². The van der Waals surface area contributed by atoms with Crippen molar-refractivity contribution in [2.75, 3.05) is 12.4 Å². The van der Waals surface area contributed by atoms with Crippen LogP contribution in [0.25, 0.3) is 0 Å². The van der Waals surface area contributed by atoms with Gasteiger partial charge in [-0.1, -0.05) is 75.0 Å². The van der Waals surface area contributed by atoms with Crippen molar-refractivity contribution in [3.05, 3.63) is 0 Å². The van der Waals surface area contributed by atoms with Gasteiger partial charge in [-0.25, -0.2) is 0 Å². The molecular formula is C19H34N2O2S3. The first-order valence-corrected chi connectivity index (χ1v) is 12.0. The lowest BCUT2D eigenvalue weighted by Gasteiger charge is -2.20. The van der Waals surface area contributed by atoms with E-state index in [0.717, 1.165) is 33.7 Å². The number of thioether (sulfide) groups is 1. The Labute approximate surface area is 172 Å². The van der Waals surface area contributed by atoms with Crippen molar-refractivity contribution in [2.45, 2.75) is 93.7 Å². The third-order valence-electron chi connectivity index (χ3n) is 4.58. The Morgan fingerprint density at radius 1 is 1.04 bits per heavy atom. The summed E-state index contributed by atoms with van der Waals surface area (Å²) < 4.78 is 7.13. The van der Waals surface area contributed by atoms with E-state index in [1.807, 2.05) is 20.8 Å². The maximum absolute atomic E-state index is 11.8. The molecule has 150 valence electrons. The van der Waals surface area contributed by atoms with Crippen molar-refractivity contribution in [1.82, 2.24) is 10.2 Å². The fourth-order valence-electron chi connectivity index (χ4n) is 2.37. The highest BCUT2D eigenvalue weighted by Gasteiger charge is 2.26. The van der Waals surface area contributed by atoms with Crippen LogP contribution in [0.15, 0.2) is 8.68 Å². The van der Waals surface area contributed by atoms with Crippen LogP contribution in [0, 0.1) is 5.41 Å². The average Bonchev–Trinajstić information content (AvgIpc) is 3.03. The topological polar surface area (TPSA) is 52.1 Å². The van der Waals surface area contributed by atoms with E-state index in [4.69, 9.17) is 4.74 Å². The molecule has 0 saturated heterocycles. The lowest BCUT2D eigenvalue weighted by atomic mass is 9.91. The molecule has 4 nitrogen and oxygen atoms in total. The number of hydrogen-bond acceptors (Lipinski definition) is 7. The molecule has 1 aromatic heterocycles. The van der Waals surface area contributed by atoms with Gasteiger partial charge < -0.3 is 4.74 Å². The molecule has 0 fully saturated rings. The van der Waals surface area contributed by atoms with Crippen molar-refractivity contribution in [2.24, 2.45) is 5.41 Å². The van der Waals surface area contributed by atoms with Crippen LogP contribution < -0.4 is 0 Å². The largest absolute Gasteiger partial charge is 0.465 e. The fraction of sp³-hybridized carbons (Fsp3) is 0.842. The van der Waals surface area contributed by atoms with Gasteiger partial charge in [-0.15, -0.1) is 22.8 Å². The number of hydrogen-bond donors (Lipinski definition) is 1. The number of ether oxygens (including phenoxy) is 1. The van der Waals surface area contributed by atoms with Gasteiger partial charge in [-0.05, 0) is 33.1 Å². The summed E-state index contributed by atoms with van der Waals surface area (Å²) in [5.74, 6) is 1.06. The summed E-state index contributed by atoms with van der Waals surface area (Å²) in [6.07, 6.45) is 12.0. The summed E-state index contributed by atoms with van der Waals surface area (Å²) in [6, 6.07) is 0. The Kier molecular flexibility index (Phi) is 12.6. The van der Waals surface area contributed by atoms with Gasteiger partial charge in [0.25, 0.3) is 0 Å². The molecule has 0 spiro atoms. The standard InChI is InChI=1S/C19H34N2O2S3/c1-4-19(2,3)16(22)23-14-12-10-8-6-5-7-9-11-13-15-25-18-21-20-17(24)26-18/h4-15H2,1-3H3,(H,20,24). The van der Waals surface area contributed by atoms with E-state index < -0.39 is 0 Å². The summed E-state index contributed by atoms with van der Waals surface area (Å²) in [6.45, 7) is 6.49. The monoisotopic (exact) mass is 418 g/mol. The quantitative estimate of drug-likeness (QED) is 0.154. The lowest BCUT2D eigenvalue weighted by molar-refractivity contribution is -0.154. The van der Waals surface area contributed by atoms with Gasteiger partial charge in [0.1, 0.15) is 0 Å². The highest BCUT2D eigenvalue weighted by molar-refractivity contribution is 8.01. The molecule has 1 aromatic rings. The molecule has 7 heteroatoms. The molecule has 0 aliphatic rings. The van der Waals surface area contributed by atoms with Gasteiger partial charge in [-0.2, -0.15) is 0 Å². The second-order valence-electron chi connectivity index (χ2n) is 7.25. The van der Waals surface area contributed by atoms with E-state index in [1.165, 1.54) is 44.9 Å². The predicted molar refractivity (Wildman–Crippen MR) is 114 cm³/mol.